The van der Waals surface area contributed by atoms with Gasteiger partial charge in [-0.15, -0.1) is 11.3 Å². The summed E-state index contributed by atoms with van der Waals surface area (Å²) in [5, 5.41) is 4.78. The van der Waals surface area contributed by atoms with Crippen LogP contribution in [0.5, 0.6) is 0 Å². The van der Waals surface area contributed by atoms with Crippen LogP contribution in [0, 0.1) is 0 Å². The maximum absolute atomic E-state index is 12.2. The molecule has 0 bridgehead atoms. The number of nitrogens with one attached hydrogen (secondary N) is 1. The fourth-order valence-electron chi connectivity index (χ4n) is 1.69. The normalized spacial score (nSPS) is 11.9. The van der Waals surface area contributed by atoms with Gasteiger partial charge in [-0.2, -0.15) is 5.10 Å². The standard InChI is InChI=1S/C12H19N5O2S2/c1-2-10-6-14-12(20-10)8-16-21(18,19)11-7-15-17(9-11)5-3-4-13/h6-7,9,16H,2-5,8,13H2,1H3. The zero-order valence-electron chi connectivity index (χ0n) is 11.8. The molecule has 0 saturated heterocycles. The molecule has 0 atom stereocenters. The second kappa shape index (κ2) is 7.12. The van der Waals surface area contributed by atoms with Crippen LogP contribution in [-0.2, 0) is 29.5 Å². The Hall–Kier alpha value is -1.29. The predicted molar refractivity (Wildman–Crippen MR) is 81.4 cm³/mol. The molecule has 9 heteroatoms. The molecule has 0 aliphatic rings. The summed E-state index contributed by atoms with van der Waals surface area (Å²) in [6.45, 7) is 3.39. The third-order valence-corrected chi connectivity index (χ3v) is 5.37. The van der Waals surface area contributed by atoms with Crippen molar-refractivity contribution in [1.29, 1.82) is 0 Å². The van der Waals surface area contributed by atoms with Crippen molar-refractivity contribution >= 4 is 21.4 Å². The Labute approximate surface area is 128 Å². The quantitative estimate of drug-likeness (QED) is 0.743. The average Bonchev–Trinajstić information content (AvgIpc) is 3.12. The highest BCUT2D eigenvalue weighted by atomic mass is 32.2. The highest BCUT2D eigenvalue weighted by Crippen LogP contribution is 2.14. The van der Waals surface area contributed by atoms with Gasteiger partial charge in [-0.1, -0.05) is 6.92 Å². The van der Waals surface area contributed by atoms with Crippen molar-refractivity contribution in [2.75, 3.05) is 6.54 Å². The van der Waals surface area contributed by atoms with Gasteiger partial charge in [0.1, 0.15) is 9.90 Å². The van der Waals surface area contributed by atoms with Crippen LogP contribution in [0.4, 0.5) is 0 Å². The summed E-state index contributed by atoms with van der Waals surface area (Å²) in [7, 11) is -3.56. The van der Waals surface area contributed by atoms with Crippen molar-refractivity contribution in [3.8, 4) is 0 Å². The third-order valence-electron chi connectivity index (χ3n) is 2.87. The zero-order chi connectivity index (χ0) is 15.3. The number of aryl methyl sites for hydroxylation is 2. The Morgan fingerprint density at radius 3 is 2.90 bits per heavy atom. The average molecular weight is 329 g/mol. The van der Waals surface area contributed by atoms with Crippen molar-refractivity contribution in [3.63, 3.8) is 0 Å². The van der Waals surface area contributed by atoms with E-state index >= 15 is 0 Å². The molecule has 2 aromatic heterocycles. The molecule has 116 valence electrons. The SMILES string of the molecule is CCc1cnc(CNS(=O)(=O)c2cnn(CCCN)c2)s1. The van der Waals surface area contributed by atoms with E-state index in [1.165, 1.54) is 23.7 Å². The van der Waals surface area contributed by atoms with Crippen LogP contribution in [0.25, 0.3) is 0 Å². The molecule has 0 unspecified atom stereocenters. The van der Waals surface area contributed by atoms with Crippen LogP contribution < -0.4 is 10.5 Å². The number of rotatable bonds is 8. The largest absolute Gasteiger partial charge is 0.330 e. The van der Waals surface area contributed by atoms with E-state index in [1.54, 1.807) is 10.9 Å². The lowest BCUT2D eigenvalue weighted by Crippen LogP contribution is -2.22. The van der Waals surface area contributed by atoms with E-state index in [2.05, 4.69) is 14.8 Å². The van der Waals surface area contributed by atoms with Crippen molar-refractivity contribution in [2.45, 2.75) is 37.8 Å². The summed E-state index contributed by atoms with van der Waals surface area (Å²) in [6.07, 6.45) is 6.29. The molecule has 2 heterocycles. The number of hydrogen-bond acceptors (Lipinski definition) is 6. The Balaban J connectivity index is 1.99. The van der Waals surface area contributed by atoms with E-state index in [1.807, 2.05) is 6.92 Å². The van der Waals surface area contributed by atoms with Gasteiger partial charge in [-0.3, -0.25) is 4.68 Å². The first kappa shape index (κ1) is 16.1. The number of nitrogens with zero attached hydrogens (tertiary/aromatic N) is 3. The molecule has 3 N–H and O–H groups in total. The molecule has 0 saturated carbocycles. The van der Waals surface area contributed by atoms with Crippen LogP contribution in [0.2, 0.25) is 0 Å². The lowest BCUT2D eigenvalue weighted by atomic mass is 10.4. The number of hydrogen-bond donors (Lipinski definition) is 2. The van der Waals surface area contributed by atoms with Crippen molar-refractivity contribution in [1.82, 2.24) is 19.5 Å². The van der Waals surface area contributed by atoms with Gasteiger partial charge in [0.25, 0.3) is 0 Å². The molecule has 0 spiro atoms. The topological polar surface area (TPSA) is 103 Å². The van der Waals surface area contributed by atoms with Crippen LogP contribution in [0.15, 0.2) is 23.5 Å². The summed E-state index contributed by atoms with van der Waals surface area (Å²) in [4.78, 5) is 5.48. The minimum Gasteiger partial charge on any atom is -0.330 e. The van der Waals surface area contributed by atoms with Gasteiger partial charge in [-0.25, -0.2) is 18.1 Å². The number of nitrogens with two attached hydrogens (primary N) is 1. The summed E-state index contributed by atoms with van der Waals surface area (Å²) in [5.41, 5.74) is 5.42. The van der Waals surface area contributed by atoms with Crippen LogP contribution in [0.3, 0.4) is 0 Å². The second-order valence-corrected chi connectivity index (χ2v) is 7.45. The molecular formula is C12H19N5O2S2. The molecule has 0 aromatic carbocycles. The number of aromatic nitrogens is 3. The lowest BCUT2D eigenvalue weighted by Gasteiger charge is -2.02. The fraction of sp³-hybridized carbons (Fsp3) is 0.500. The molecule has 0 aliphatic carbocycles. The molecule has 0 radical (unpaired) electrons. The number of sulfonamides is 1. The van der Waals surface area contributed by atoms with Gasteiger partial charge in [0.05, 0.1) is 12.7 Å². The smallest absolute Gasteiger partial charge is 0.244 e. The third kappa shape index (κ3) is 4.34. The lowest BCUT2D eigenvalue weighted by molar-refractivity contribution is 0.576. The van der Waals surface area contributed by atoms with Crippen LogP contribution in [0.1, 0.15) is 23.2 Å². The first-order chi connectivity index (χ1) is 10.0. The van der Waals surface area contributed by atoms with Gasteiger partial charge in [-0.05, 0) is 19.4 Å². The fourth-order valence-corrected chi connectivity index (χ4v) is 3.53. The van der Waals surface area contributed by atoms with Crippen molar-refractivity contribution in [3.05, 3.63) is 28.5 Å². The van der Waals surface area contributed by atoms with Crippen LogP contribution in [-0.4, -0.2) is 29.7 Å². The monoisotopic (exact) mass is 329 g/mol. The minimum absolute atomic E-state index is 0.159. The van der Waals surface area contributed by atoms with Crippen molar-refractivity contribution < 1.29 is 8.42 Å². The molecule has 0 fully saturated rings. The summed E-state index contributed by atoms with van der Waals surface area (Å²) in [6, 6.07) is 0. The summed E-state index contributed by atoms with van der Waals surface area (Å²) in [5.74, 6) is 0. The van der Waals surface area contributed by atoms with Gasteiger partial charge < -0.3 is 5.73 Å². The second-order valence-electron chi connectivity index (χ2n) is 4.48. The summed E-state index contributed by atoms with van der Waals surface area (Å²) < 4.78 is 28.4. The summed E-state index contributed by atoms with van der Waals surface area (Å²) >= 11 is 1.51. The highest BCUT2D eigenvalue weighted by Gasteiger charge is 2.16. The van der Waals surface area contributed by atoms with Gasteiger partial charge in [0.15, 0.2) is 0 Å². The first-order valence-corrected chi connectivity index (χ1v) is 9.01. The minimum atomic E-state index is -3.56. The number of thiazole rings is 1. The Morgan fingerprint density at radius 1 is 1.43 bits per heavy atom. The highest BCUT2D eigenvalue weighted by molar-refractivity contribution is 7.89. The molecule has 2 rings (SSSR count). The maximum Gasteiger partial charge on any atom is 0.244 e. The van der Waals surface area contributed by atoms with E-state index in [0.717, 1.165) is 22.7 Å². The molecule has 21 heavy (non-hydrogen) atoms. The molecule has 0 aliphatic heterocycles. The first-order valence-electron chi connectivity index (χ1n) is 6.71. The molecule has 0 amide bonds. The van der Waals surface area contributed by atoms with Crippen LogP contribution >= 0.6 is 11.3 Å². The Bertz CT molecular complexity index is 677. The van der Waals surface area contributed by atoms with E-state index < -0.39 is 10.0 Å². The zero-order valence-corrected chi connectivity index (χ0v) is 13.5. The Kier molecular flexibility index (Phi) is 5.45. The van der Waals surface area contributed by atoms with E-state index in [4.69, 9.17) is 5.73 Å². The maximum atomic E-state index is 12.2. The van der Waals surface area contributed by atoms with Gasteiger partial charge >= 0.3 is 0 Å². The molecule has 2 aromatic rings. The molecular weight excluding hydrogens is 310 g/mol. The van der Waals surface area contributed by atoms with E-state index in [0.29, 0.717) is 13.1 Å². The van der Waals surface area contributed by atoms with E-state index in [9.17, 15) is 8.42 Å². The van der Waals surface area contributed by atoms with Gasteiger partial charge in [0.2, 0.25) is 10.0 Å². The van der Waals surface area contributed by atoms with E-state index in [-0.39, 0.29) is 11.4 Å². The Morgan fingerprint density at radius 2 is 2.24 bits per heavy atom. The predicted octanol–water partition coefficient (Wildman–Crippen LogP) is 0.729. The van der Waals surface area contributed by atoms with Gasteiger partial charge in [0, 0.05) is 23.8 Å². The molecule has 7 nitrogen and oxygen atoms in total. The van der Waals surface area contributed by atoms with Crippen molar-refractivity contribution in [2.24, 2.45) is 5.73 Å².